The highest BCUT2D eigenvalue weighted by molar-refractivity contribution is 5.94. The lowest BCUT2D eigenvalue weighted by atomic mass is 10.1. The Kier molecular flexibility index (Phi) is 7.87. The number of hydrogen-bond donors (Lipinski definition) is 1. The molecule has 0 spiro atoms. The van der Waals surface area contributed by atoms with Crippen LogP contribution < -0.4 is 5.73 Å². The summed E-state index contributed by atoms with van der Waals surface area (Å²) < 4.78 is 0. The van der Waals surface area contributed by atoms with E-state index in [0.717, 1.165) is 37.1 Å². The highest BCUT2D eigenvalue weighted by Crippen LogP contribution is 2.25. The van der Waals surface area contributed by atoms with E-state index < -0.39 is 0 Å². The van der Waals surface area contributed by atoms with Crippen molar-refractivity contribution in [3.05, 3.63) is 35.4 Å². The van der Waals surface area contributed by atoms with Crippen LogP contribution in [-0.2, 0) is 6.54 Å². The molecule has 0 heterocycles. The average molecular weight is 326 g/mol. The van der Waals surface area contributed by atoms with Gasteiger partial charge in [0.2, 0.25) is 0 Å². The van der Waals surface area contributed by atoms with E-state index in [9.17, 15) is 4.79 Å². The Morgan fingerprint density at radius 3 is 2.23 bits per heavy atom. The summed E-state index contributed by atoms with van der Waals surface area (Å²) in [4.78, 5) is 17.0. The molecule has 1 aromatic rings. The lowest BCUT2D eigenvalue weighted by Gasteiger charge is -2.30. The van der Waals surface area contributed by atoms with Crippen LogP contribution in [0.1, 0.15) is 41.6 Å². The number of hydrogen-bond acceptors (Lipinski definition) is 3. The summed E-state index contributed by atoms with van der Waals surface area (Å²) in [5.74, 6) is 0.160. The zero-order valence-corrected chi connectivity index (χ0v) is 14.4. The van der Waals surface area contributed by atoms with Crippen LogP contribution in [0.5, 0.6) is 0 Å². The number of nitrogens with zero attached hydrogens (tertiary/aromatic N) is 2. The summed E-state index contributed by atoms with van der Waals surface area (Å²) >= 11 is 0. The molecule has 0 unspecified atom stereocenters. The first kappa shape index (κ1) is 18.9. The maximum absolute atomic E-state index is 12.8. The fourth-order valence-electron chi connectivity index (χ4n) is 2.92. The lowest BCUT2D eigenvalue weighted by Crippen LogP contribution is -2.42. The second-order valence-electron chi connectivity index (χ2n) is 6.14. The van der Waals surface area contributed by atoms with Crippen LogP contribution in [0.2, 0.25) is 0 Å². The van der Waals surface area contributed by atoms with Gasteiger partial charge in [0.1, 0.15) is 0 Å². The van der Waals surface area contributed by atoms with Crippen molar-refractivity contribution < 1.29 is 4.79 Å². The molecule has 0 radical (unpaired) electrons. The van der Waals surface area contributed by atoms with Gasteiger partial charge in [-0.15, -0.1) is 12.4 Å². The zero-order valence-electron chi connectivity index (χ0n) is 13.6. The van der Waals surface area contributed by atoms with Crippen molar-refractivity contribution in [3.8, 4) is 0 Å². The molecule has 1 aromatic carbocycles. The lowest BCUT2D eigenvalue weighted by molar-refractivity contribution is 0.0667. The van der Waals surface area contributed by atoms with Gasteiger partial charge in [-0.1, -0.05) is 25.0 Å². The molecule has 1 saturated carbocycles. The Balaban J connectivity index is 0.00000242. The molecule has 0 atom stereocenters. The van der Waals surface area contributed by atoms with Gasteiger partial charge in [-0.05, 0) is 44.6 Å². The molecular weight excluding hydrogens is 298 g/mol. The summed E-state index contributed by atoms with van der Waals surface area (Å²) in [6.07, 6.45) is 4.76. The van der Waals surface area contributed by atoms with E-state index in [-0.39, 0.29) is 18.3 Å². The van der Waals surface area contributed by atoms with E-state index in [0.29, 0.717) is 12.6 Å². The first-order chi connectivity index (χ1) is 10.1. The molecular formula is C17H28ClN3O. The van der Waals surface area contributed by atoms with E-state index in [1.54, 1.807) is 0 Å². The van der Waals surface area contributed by atoms with E-state index in [1.807, 2.05) is 38.4 Å². The normalized spacial score (nSPS) is 14.9. The summed E-state index contributed by atoms with van der Waals surface area (Å²) in [5, 5.41) is 0. The van der Waals surface area contributed by atoms with Crippen LogP contribution >= 0.6 is 12.4 Å². The minimum absolute atomic E-state index is 0. The van der Waals surface area contributed by atoms with Crippen LogP contribution in [0.15, 0.2) is 24.3 Å². The van der Waals surface area contributed by atoms with Gasteiger partial charge in [0.15, 0.2) is 0 Å². The highest BCUT2D eigenvalue weighted by Gasteiger charge is 2.27. The fraction of sp³-hybridized carbons (Fsp3) is 0.588. The van der Waals surface area contributed by atoms with Crippen molar-refractivity contribution in [2.45, 2.75) is 38.3 Å². The predicted octanol–water partition coefficient (Wildman–Crippen LogP) is 2.51. The van der Waals surface area contributed by atoms with Crippen molar-refractivity contribution in [1.82, 2.24) is 9.80 Å². The van der Waals surface area contributed by atoms with Gasteiger partial charge < -0.3 is 15.5 Å². The number of nitrogens with two attached hydrogens (primary N) is 1. The molecule has 0 saturated heterocycles. The van der Waals surface area contributed by atoms with Gasteiger partial charge in [0.05, 0.1) is 0 Å². The second-order valence-corrected chi connectivity index (χ2v) is 6.14. The van der Waals surface area contributed by atoms with Gasteiger partial charge in [0, 0.05) is 31.2 Å². The SMILES string of the molecule is CN(C)CCN(C(=O)c1ccc(CN)cc1)C1CCCC1.Cl. The van der Waals surface area contributed by atoms with Gasteiger partial charge in [-0.3, -0.25) is 4.79 Å². The molecule has 1 fully saturated rings. The molecule has 5 heteroatoms. The Labute approximate surface area is 140 Å². The van der Waals surface area contributed by atoms with Crippen molar-refractivity contribution >= 4 is 18.3 Å². The zero-order chi connectivity index (χ0) is 15.2. The van der Waals surface area contributed by atoms with E-state index in [1.165, 1.54) is 12.8 Å². The summed E-state index contributed by atoms with van der Waals surface area (Å²) in [7, 11) is 4.10. The molecule has 1 aliphatic carbocycles. The van der Waals surface area contributed by atoms with Crippen LogP contribution in [0.3, 0.4) is 0 Å². The number of carbonyl (C=O) groups excluding carboxylic acids is 1. The minimum atomic E-state index is 0. The van der Waals surface area contributed by atoms with Crippen molar-refractivity contribution in [2.75, 3.05) is 27.2 Å². The maximum Gasteiger partial charge on any atom is 0.254 e. The minimum Gasteiger partial charge on any atom is -0.334 e. The smallest absolute Gasteiger partial charge is 0.254 e. The van der Waals surface area contributed by atoms with Crippen LogP contribution in [-0.4, -0.2) is 48.9 Å². The predicted molar refractivity (Wildman–Crippen MR) is 93.4 cm³/mol. The maximum atomic E-state index is 12.8. The third kappa shape index (κ3) is 4.97. The van der Waals surface area contributed by atoms with Gasteiger partial charge in [-0.2, -0.15) is 0 Å². The molecule has 22 heavy (non-hydrogen) atoms. The quantitative estimate of drug-likeness (QED) is 0.874. The third-order valence-corrected chi connectivity index (χ3v) is 4.25. The molecule has 0 aromatic heterocycles. The monoisotopic (exact) mass is 325 g/mol. The van der Waals surface area contributed by atoms with Gasteiger partial charge in [-0.25, -0.2) is 0 Å². The highest BCUT2D eigenvalue weighted by atomic mass is 35.5. The van der Waals surface area contributed by atoms with E-state index >= 15 is 0 Å². The van der Waals surface area contributed by atoms with Crippen LogP contribution in [0.25, 0.3) is 0 Å². The molecule has 2 N–H and O–H groups in total. The number of likely N-dealkylation sites (N-methyl/N-ethyl adjacent to an activating group) is 1. The topological polar surface area (TPSA) is 49.6 Å². The second kappa shape index (κ2) is 9.13. The van der Waals surface area contributed by atoms with Gasteiger partial charge in [0.25, 0.3) is 5.91 Å². The van der Waals surface area contributed by atoms with Crippen LogP contribution in [0, 0.1) is 0 Å². The largest absolute Gasteiger partial charge is 0.334 e. The Morgan fingerprint density at radius 1 is 1.14 bits per heavy atom. The van der Waals surface area contributed by atoms with Crippen molar-refractivity contribution in [3.63, 3.8) is 0 Å². The molecule has 0 aliphatic heterocycles. The number of rotatable bonds is 6. The van der Waals surface area contributed by atoms with Crippen LogP contribution in [0.4, 0.5) is 0 Å². The average Bonchev–Trinajstić information content (AvgIpc) is 3.01. The van der Waals surface area contributed by atoms with Crippen molar-refractivity contribution in [2.24, 2.45) is 5.73 Å². The molecule has 0 bridgehead atoms. The Hall–Kier alpha value is -1.10. The summed E-state index contributed by atoms with van der Waals surface area (Å²) in [5.41, 5.74) is 7.45. The first-order valence-electron chi connectivity index (χ1n) is 7.86. The number of benzene rings is 1. The molecule has 2 rings (SSSR count). The number of carbonyl (C=O) groups is 1. The molecule has 1 amide bonds. The summed E-state index contributed by atoms with van der Waals surface area (Å²) in [6, 6.07) is 8.12. The summed E-state index contributed by atoms with van der Waals surface area (Å²) in [6.45, 7) is 2.22. The Morgan fingerprint density at radius 2 is 1.73 bits per heavy atom. The molecule has 1 aliphatic rings. The van der Waals surface area contributed by atoms with Crippen molar-refractivity contribution in [1.29, 1.82) is 0 Å². The van der Waals surface area contributed by atoms with E-state index in [2.05, 4.69) is 9.80 Å². The number of halogens is 1. The Bertz CT molecular complexity index is 455. The standard InChI is InChI=1S/C17H27N3O.ClH/c1-19(2)11-12-20(16-5-3-4-6-16)17(21)15-9-7-14(13-18)8-10-15;/h7-10,16H,3-6,11-13,18H2,1-2H3;1H. The number of amides is 1. The molecule has 124 valence electrons. The molecule has 4 nitrogen and oxygen atoms in total. The first-order valence-corrected chi connectivity index (χ1v) is 7.86. The van der Waals surface area contributed by atoms with E-state index in [4.69, 9.17) is 5.73 Å². The fourth-order valence-corrected chi connectivity index (χ4v) is 2.92. The van der Waals surface area contributed by atoms with Gasteiger partial charge >= 0.3 is 0 Å². The third-order valence-electron chi connectivity index (χ3n) is 4.25.